The smallest absolute Gasteiger partial charge is 0.329 e. The summed E-state index contributed by atoms with van der Waals surface area (Å²) < 4.78 is 11.7. The van der Waals surface area contributed by atoms with Gasteiger partial charge in [0.05, 0.1) is 0 Å². The van der Waals surface area contributed by atoms with Crippen LogP contribution in [-0.2, 0) is 41.5 Å². The summed E-state index contributed by atoms with van der Waals surface area (Å²) in [5.74, 6) is -3.00. The molecule has 0 aromatic heterocycles. The van der Waals surface area contributed by atoms with E-state index in [-0.39, 0.29) is 24.7 Å². The molecule has 0 aliphatic carbocycles. The third-order valence-corrected chi connectivity index (χ3v) is 6.87. The van der Waals surface area contributed by atoms with Crippen LogP contribution in [0.5, 0.6) is 0 Å². The number of carbonyl (C=O) groups excluding carboxylic acids is 4. The Morgan fingerprint density at radius 3 is 1.21 bits per heavy atom. The summed E-state index contributed by atoms with van der Waals surface area (Å²) in [6.07, 6.45) is -2.08. The average molecular weight is 523 g/mol. The summed E-state index contributed by atoms with van der Waals surface area (Å²) in [6.45, 7) is 7.20. The van der Waals surface area contributed by atoms with E-state index in [1.165, 1.54) is 23.9 Å². The van der Waals surface area contributed by atoms with Crippen LogP contribution >= 0.6 is 0 Å². The Kier molecular flexibility index (Phi) is 9.66. The number of nitrogens with zero attached hydrogens (tertiary/aromatic N) is 2. The van der Waals surface area contributed by atoms with Crippen LogP contribution in [0.1, 0.15) is 38.8 Å². The van der Waals surface area contributed by atoms with Crippen molar-refractivity contribution in [1.29, 1.82) is 0 Å². The highest BCUT2D eigenvalue weighted by Gasteiger charge is 2.43. The van der Waals surface area contributed by atoms with Gasteiger partial charge in [-0.05, 0) is 23.0 Å². The molecule has 1 aliphatic rings. The monoisotopic (exact) mass is 522 g/mol. The lowest BCUT2D eigenvalue weighted by molar-refractivity contribution is -0.178. The molecular formula is C30H38N2O6. The maximum atomic E-state index is 13.7. The minimum atomic E-state index is -1.17. The molecule has 0 N–H and O–H groups in total. The van der Waals surface area contributed by atoms with Gasteiger partial charge in [-0.2, -0.15) is 0 Å². The molecule has 3 rings (SSSR count). The molecule has 0 saturated carbocycles. The number of cyclic esters (lactones) is 2. The Morgan fingerprint density at radius 2 is 0.921 bits per heavy atom. The van der Waals surface area contributed by atoms with Crippen molar-refractivity contribution < 1.29 is 28.7 Å². The van der Waals surface area contributed by atoms with E-state index >= 15 is 0 Å². The summed E-state index contributed by atoms with van der Waals surface area (Å²) in [5, 5.41) is 0. The molecule has 2 aromatic rings. The zero-order valence-corrected chi connectivity index (χ0v) is 23.0. The van der Waals surface area contributed by atoms with E-state index in [9.17, 15) is 19.2 Å². The molecule has 1 aliphatic heterocycles. The number of esters is 2. The molecule has 0 spiro atoms. The molecule has 1 heterocycles. The number of benzene rings is 2. The maximum absolute atomic E-state index is 13.7. The maximum Gasteiger partial charge on any atom is 0.329 e. The number of hydrogen-bond donors (Lipinski definition) is 0. The first kappa shape index (κ1) is 28.9. The van der Waals surface area contributed by atoms with Gasteiger partial charge in [-0.15, -0.1) is 0 Å². The van der Waals surface area contributed by atoms with Crippen molar-refractivity contribution in [2.45, 2.75) is 64.8 Å². The number of rotatable bonds is 6. The van der Waals surface area contributed by atoms with Gasteiger partial charge < -0.3 is 19.3 Å². The first-order valence-electron chi connectivity index (χ1n) is 13.0. The lowest BCUT2D eigenvalue weighted by Gasteiger charge is -2.37. The summed E-state index contributed by atoms with van der Waals surface area (Å²) in [7, 11) is 3.01. The number of hydrogen-bond acceptors (Lipinski definition) is 6. The van der Waals surface area contributed by atoms with E-state index in [0.29, 0.717) is 0 Å². The molecule has 204 valence electrons. The first-order chi connectivity index (χ1) is 18.0. The van der Waals surface area contributed by atoms with Crippen LogP contribution in [0.15, 0.2) is 60.7 Å². The van der Waals surface area contributed by atoms with Crippen molar-refractivity contribution in [3.05, 3.63) is 71.8 Å². The molecule has 0 unspecified atom stereocenters. The molecule has 4 atom stereocenters. The fraction of sp³-hybridized carbons (Fsp3) is 0.467. The molecule has 8 nitrogen and oxygen atoms in total. The molecule has 8 heteroatoms. The summed E-state index contributed by atoms with van der Waals surface area (Å²) >= 11 is 0. The van der Waals surface area contributed by atoms with E-state index in [1.807, 2.05) is 60.7 Å². The van der Waals surface area contributed by atoms with Gasteiger partial charge in [-0.25, -0.2) is 9.59 Å². The fourth-order valence-corrected chi connectivity index (χ4v) is 4.92. The molecule has 1 saturated heterocycles. The normalized spacial score (nSPS) is 23.7. The third-order valence-electron chi connectivity index (χ3n) is 6.87. The highest BCUT2D eigenvalue weighted by Crippen LogP contribution is 2.22. The Bertz CT molecular complexity index is 1030. The molecule has 38 heavy (non-hydrogen) atoms. The second kappa shape index (κ2) is 12.7. The Labute approximate surface area is 224 Å². The molecular weight excluding hydrogens is 484 g/mol. The fourth-order valence-electron chi connectivity index (χ4n) is 4.92. The van der Waals surface area contributed by atoms with Crippen LogP contribution in [0.4, 0.5) is 0 Å². The second-order valence-corrected chi connectivity index (χ2v) is 10.5. The van der Waals surface area contributed by atoms with Crippen molar-refractivity contribution >= 4 is 23.8 Å². The molecule has 2 aromatic carbocycles. The van der Waals surface area contributed by atoms with E-state index in [4.69, 9.17) is 9.47 Å². The van der Waals surface area contributed by atoms with E-state index in [0.717, 1.165) is 11.1 Å². The minimum absolute atomic E-state index is 0.134. The topological polar surface area (TPSA) is 93.2 Å². The lowest BCUT2D eigenvalue weighted by Crippen LogP contribution is -2.57. The summed E-state index contributed by atoms with van der Waals surface area (Å²) in [4.78, 5) is 57.1. The van der Waals surface area contributed by atoms with Crippen LogP contribution in [-0.4, -0.2) is 71.9 Å². The first-order valence-corrected chi connectivity index (χ1v) is 13.0. The molecule has 2 amide bonds. The quantitative estimate of drug-likeness (QED) is 0.541. The van der Waals surface area contributed by atoms with E-state index in [1.54, 1.807) is 27.7 Å². The average Bonchev–Trinajstić information content (AvgIpc) is 2.87. The zero-order chi connectivity index (χ0) is 28.0. The highest BCUT2D eigenvalue weighted by molar-refractivity contribution is 5.93. The van der Waals surface area contributed by atoms with Crippen molar-refractivity contribution in [2.24, 2.45) is 11.8 Å². The second-order valence-electron chi connectivity index (χ2n) is 10.5. The van der Waals surface area contributed by atoms with Gasteiger partial charge in [-0.3, -0.25) is 9.59 Å². The van der Waals surface area contributed by atoms with Crippen molar-refractivity contribution in [3.63, 3.8) is 0 Å². The van der Waals surface area contributed by atoms with Crippen LogP contribution in [0.2, 0.25) is 0 Å². The van der Waals surface area contributed by atoms with Gasteiger partial charge in [0.25, 0.3) is 11.8 Å². The predicted molar refractivity (Wildman–Crippen MR) is 143 cm³/mol. The summed E-state index contributed by atoms with van der Waals surface area (Å²) in [6, 6.07) is 16.5. The van der Waals surface area contributed by atoms with Gasteiger partial charge in [-0.1, -0.05) is 88.4 Å². The SMILES string of the molecule is CC(C)[C@H]1C(=O)O[C@H](Cc2ccccc2)C(=O)N(C)[C@H](C(C)C)C(=O)O[C@H](Cc2ccccc2)C(=O)N1C. The standard InChI is InChI=1S/C30H38N2O6/c1-19(2)25-29(35)37-24(18-22-15-11-8-12-16-22)28(34)32(6)26(20(3)4)30(36)38-23(27(33)31(25)5)17-21-13-9-7-10-14-21/h7-16,19-20,23-26H,17-18H2,1-6H3/t23-,24-,25-,26+/m1/s1. The summed E-state index contributed by atoms with van der Waals surface area (Å²) in [5.41, 5.74) is 1.60. The highest BCUT2D eigenvalue weighted by atomic mass is 16.6. The largest absolute Gasteiger partial charge is 0.450 e. The number of likely N-dealkylation sites (N-methyl/N-ethyl adjacent to an activating group) is 2. The van der Waals surface area contributed by atoms with Crippen LogP contribution in [0.3, 0.4) is 0 Å². The van der Waals surface area contributed by atoms with E-state index in [2.05, 4.69) is 0 Å². The molecule has 1 fully saturated rings. The van der Waals surface area contributed by atoms with Gasteiger partial charge in [0.15, 0.2) is 12.2 Å². The molecule has 0 bridgehead atoms. The van der Waals surface area contributed by atoms with E-state index < -0.39 is 48.0 Å². The van der Waals surface area contributed by atoms with Crippen LogP contribution in [0, 0.1) is 11.8 Å². The van der Waals surface area contributed by atoms with Gasteiger partial charge in [0.2, 0.25) is 0 Å². The Balaban J connectivity index is 2.06. The van der Waals surface area contributed by atoms with Gasteiger partial charge in [0.1, 0.15) is 12.1 Å². The Hall–Kier alpha value is -3.68. The third kappa shape index (κ3) is 6.79. The number of ether oxygens (including phenoxy) is 2. The van der Waals surface area contributed by atoms with Crippen molar-refractivity contribution in [2.75, 3.05) is 14.1 Å². The minimum Gasteiger partial charge on any atom is -0.450 e. The van der Waals surface area contributed by atoms with Crippen LogP contribution in [0.25, 0.3) is 0 Å². The Morgan fingerprint density at radius 1 is 0.605 bits per heavy atom. The zero-order valence-electron chi connectivity index (χ0n) is 23.0. The number of amides is 2. The predicted octanol–water partition coefficient (Wildman–Crippen LogP) is 3.28. The lowest BCUT2D eigenvalue weighted by atomic mass is 9.98. The van der Waals surface area contributed by atoms with Crippen LogP contribution < -0.4 is 0 Å². The molecule has 0 radical (unpaired) electrons. The van der Waals surface area contributed by atoms with Crippen molar-refractivity contribution in [1.82, 2.24) is 9.80 Å². The van der Waals surface area contributed by atoms with Crippen molar-refractivity contribution in [3.8, 4) is 0 Å². The number of carbonyl (C=O) groups is 4. The van der Waals surface area contributed by atoms with Gasteiger partial charge >= 0.3 is 11.9 Å². The van der Waals surface area contributed by atoms with Gasteiger partial charge in [0, 0.05) is 26.9 Å².